The van der Waals surface area contributed by atoms with Crippen molar-refractivity contribution in [1.29, 1.82) is 0 Å². The normalized spacial score (nSPS) is 13.9. The van der Waals surface area contributed by atoms with Crippen LogP contribution in [0.1, 0.15) is 40.5 Å². The van der Waals surface area contributed by atoms with Crippen molar-refractivity contribution >= 4 is 5.97 Å². The molecule has 4 heteroatoms. The second kappa shape index (κ2) is 6.80. The first-order valence-corrected chi connectivity index (χ1v) is 5.53. The summed E-state index contributed by atoms with van der Waals surface area (Å²) in [5.74, 6) is -0.852. The summed E-state index contributed by atoms with van der Waals surface area (Å²) >= 11 is 0. The SMILES string of the molecule is CCCNC(COC(C)(C)CC)C(=O)O. The topological polar surface area (TPSA) is 58.6 Å². The van der Waals surface area contributed by atoms with Crippen LogP contribution in [0.5, 0.6) is 0 Å². The minimum Gasteiger partial charge on any atom is -0.480 e. The van der Waals surface area contributed by atoms with Crippen molar-refractivity contribution in [2.24, 2.45) is 0 Å². The number of hydrogen-bond donors (Lipinski definition) is 2. The summed E-state index contributed by atoms with van der Waals surface area (Å²) in [5.41, 5.74) is -0.248. The molecule has 90 valence electrons. The zero-order valence-corrected chi connectivity index (χ0v) is 10.2. The number of carboxylic acids is 1. The highest BCUT2D eigenvalue weighted by atomic mass is 16.5. The van der Waals surface area contributed by atoms with Gasteiger partial charge in [0.25, 0.3) is 0 Å². The molecular formula is C11H23NO3. The third kappa shape index (κ3) is 6.47. The summed E-state index contributed by atoms with van der Waals surface area (Å²) in [4.78, 5) is 10.9. The van der Waals surface area contributed by atoms with E-state index in [1.54, 1.807) is 0 Å². The van der Waals surface area contributed by atoms with E-state index in [9.17, 15) is 4.79 Å². The van der Waals surface area contributed by atoms with Gasteiger partial charge in [0.15, 0.2) is 0 Å². The van der Waals surface area contributed by atoms with Gasteiger partial charge in [-0.1, -0.05) is 13.8 Å². The van der Waals surface area contributed by atoms with Gasteiger partial charge < -0.3 is 15.2 Å². The smallest absolute Gasteiger partial charge is 0.323 e. The second-order valence-electron chi connectivity index (χ2n) is 4.27. The molecule has 0 aliphatic carbocycles. The quantitative estimate of drug-likeness (QED) is 0.649. The van der Waals surface area contributed by atoms with Crippen LogP contribution in [-0.4, -0.2) is 35.9 Å². The molecule has 0 amide bonds. The van der Waals surface area contributed by atoms with Crippen LogP contribution in [0.25, 0.3) is 0 Å². The molecule has 0 radical (unpaired) electrons. The maximum atomic E-state index is 10.9. The van der Waals surface area contributed by atoms with Gasteiger partial charge in [0.05, 0.1) is 12.2 Å². The lowest BCUT2D eigenvalue weighted by Gasteiger charge is -2.25. The maximum Gasteiger partial charge on any atom is 0.323 e. The highest BCUT2D eigenvalue weighted by molar-refractivity contribution is 5.73. The molecule has 1 atom stereocenters. The fraction of sp³-hybridized carbons (Fsp3) is 0.909. The van der Waals surface area contributed by atoms with Crippen molar-refractivity contribution in [3.63, 3.8) is 0 Å². The van der Waals surface area contributed by atoms with Crippen molar-refractivity contribution in [3.8, 4) is 0 Å². The van der Waals surface area contributed by atoms with E-state index in [0.717, 1.165) is 12.8 Å². The van der Waals surface area contributed by atoms with Crippen molar-refractivity contribution in [2.45, 2.75) is 52.2 Å². The molecular weight excluding hydrogens is 194 g/mol. The number of carbonyl (C=O) groups is 1. The Balaban J connectivity index is 4.01. The van der Waals surface area contributed by atoms with Crippen molar-refractivity contribution in [3.05, 3.63) is 0 Å². The number of nitrogens with one attached hydrogen (secondary N) is 1. The fourth-order valence-corrected chi connectivity index (χ4v) is 0.947. The van der Waals surface area contributed by atoms with E-state index in [1.807, 2.05) is 27.7 Å². The number of rotatable bonds is 8. The van der Waals surface area contributed by atoms with Crippen molar-refractivity contribution in [1.82, 2.24) is 5.32 Å². The molecule has 0 saturated carbocycles. The molecule has 0 fully saturated rings. The molecule has 0 aromatic heterocycles. The van der Waals surface area contributed by atoms with Gasteiger partial charge >= 0.3 is 5.97 Å². The van der Waals surface area contributed by atoms with Gasteiger partial charge in [-0.05, 0) is 33.2 Å². The van der Waals surface area contributed by atoms with Gasteiger partial charge in [0.1, 0.15) is 6.04 Å². The van der Waals surface area contributed by atoms with Gasteiger partial charge in [-0.2, -0.15) is 0 Å². The summed E-state index contributed by atoms with van der Waals surface area (Å²) in [6, 6.07) is -0.601. The first kappa shape index (κ1) is 14.4. The molecule has 0 aromatic rings. The predicted octanol–water partition coefficient (Wildman–Crippen LogP) is 1.64. The van der Waals surface area contributed by atoms with Gasteiger partial charge in [-0.15, -0.1) is 0 Å². The molecule has 0 spiro atoms. The Hall–Kier alpha value is -0.610. The van der Waals surface area contributed by atoms with Crippen LogP contribution in [0, 0.1) is 0 Å². The van der Waals surface area contributed by atoms with Crippen LogP contribution in [-0.2, 0) is 9.53 Å². The average molecular weight is 217 g/mol. The van der Waals surface area contributed by atoms with E-state index in [1.165, 1.54) is 0 Å². The number of ether oxygens (including phenoxy) is 1. The summed E-state index contributed by atoms with van der Waals surface area (Å²) in [7, 11) is 0. The number of aliphatic carboxylic acids is 1. The predicted molar refractivity (Wildman–Crippen MR) is 60.0 cm³/mol. The van der Waals surface area contributed by atoms with Crippen LogP contribution in [0.2, 0.25) is 0 Å². The van der Waals surface area contributed by atoms with Gasteiger partial charge in [0.2, 0.25) is 0 Å². The largest absolute Gasteiger partial charge is 0.480 e. The van der Waals surface area contributed by atoms with Crippen LogP contribution in [0.15, 0.2) is 0 Å². The molecule has 2 N–H and O–H groups in total. The van der Waals surface area contributed by atoms with Crippen LogP contribution in [0.4, 0.5) is 0 Å². The van der Waals surface area contributed by atoms with E-state index < -0.39 is 12.0 Å². The molecule has 0 aliphatic heterocycles. The molecule has 1 unspecified atom stereocenters. The lowest BCUT2D eigenvalue weighted by Crippen LogP contribution is -2.43. The zero-order chi connectivity index (χ0) is 11.9. The second-order valence-corrected chi connectivity index (χ2v) is 4.27. The van der Waals surface area contributed by atoms with E-state index in [2.05, 4.69) is 5.32 Å². The molecule has 4 nitrogen and oxygen atoms in total. The molecule has 0 aliphatic rings. The minimum absolute atomic E-state index is 0.218. The zero-order valence-electron chi connectivity index (χ0n) is 10.2. The summed E-state index contributed by atoms with van der Waals surface area (Å²) in [6.07, 6.45) is 1.79. The van der Waals surface area contributed by atoms with E-state index in [-0.39, 0.29) is 12.2 Å². The standard InChI is InChI=1S/C11H23NO3/c1-5-7-12-9(10(13)14)8-15-11(3,4)6-2/h9,12H,5-8H2,1-4H3,(H,13,14). The number of hydrogen-bond acceptors (Lipinski definition) is 3. The summed E-state index contributed by atoms with van der Waals surface area (Å²) in [6.45, 7) is 8.87. The van der Waals surface area contributed by atoms with Gasteiger partial charge in [-0.25, -0.2) is 0 Å². The van der Waals surface area contributed by atoms with Crippen LogP contribution < -0.4 is 5.32 Å². The molecule has 0 saturated heterocycles. The fourth-order valence-electron chi connectivity index (χ4n) is 0.947. The first-order chi connectivity index (χ1) is 6.93. The Morgan fingerprint density at radius 1 is 1.47 bits per heavy atom. The molecule has 0 rings (SSSR count). The summed E-state index contributed by atoms with van der Waals surface area (Å²) < 4.78 is 5.56. The Morgan fingerprint density at radius 3 is 2.47 bits per heavy atom. The lowest BCUT2D eigenvalue weighted by atomic mass is 10.1. The van der Waals surface area contributed by atoms with E-state index >= 15 is 0 Å². The first-order valence-electron chi connectivity index (χ1n) is 5.53. The maximum absolute atomic E-state index is 10.9. The average Bonchev–Trinajstić information content (AvgIpc) is 2.17. The van der Waals surface area contributed by atoms with Gasteiger partial charge in [-0.3, -0.25) is 4.79 Å². The van der Waals surface area contributed by atoms with Crippen LogP contribution >= 0.6 is 0 Å². The molecule has 0 heterocycles. The van der Waals surface area contributed by atoms with Crippen LogP contribution in [0.3, 0.4) is 0 Å². The van der Waals surface area contributed by atoms with E-state index in [4.69, 9.17) is 9.84 Å². The Bertz CT molecular complexity index is 192. The van der Waals surface area contributed by atoms with Crippen molar-refractivity contribution < 1.29 is 14.6 Å². The summed E-state index contributed by atoms with van der Waals surface area (Å²) in [5, 5.41) is 11.9. The Kier molecular flexibility index (Phi) is 6.52. The van der Waals surface area contributed by atoms with E-state index in [0.29, 0.717) is 6.54 Å². The minimum atomic E-state index is -0.852. The Labute approximate surface area is 92.0 Å². The molecule has 0 aromatic carbocycles. The third-order valence-electron chi connectivity index (χ3n) is 2.43. The highest BCUT2D eigenvalue weighted by Crippen LogP contribution is 2.13. The van der Waals surface area contributed by atoms with Crippen molar-refractivity contribution in [2.75, 3.05) is 13.2 Å². The molecule has 15 heavy (non-hydrogen) atoms. The number of carboxylic acid groups (broad SMARTS) is 1. The Morgan fingerprint density at radius 2 is 2.07 bits per heavy atom. The molecule has 0 bridgehead atoms. The third-order valence-corrected chi connectivity index (χ3v) is 2.43. The monoisotopic (exact) mass is 217 g/mol. The lowest BCUT2D eigenvalue weighted by molar-refractivity contribution is -0.143. The van der Waals surface area contributed by atoms with Gasteiger partial charge in [0, 0.05) is 0 Å². The highest BCUT2D eigenvalue weighted by Gasteiger charge is 2.22.